The van der Waals surface area contributed by atoms with Crippen LogP contribution in [0.25, 0.3) is 0 Å². The van der Waals surface area contributed by atoms with Gasteiger partial charge in [-0.3, -0.25) is 14.9 Å². The van der Waals surface area contributed by atoms with Gasteiger partial charge in [-0.15, -0.1) is 0 Å². The lowest BCUT2D eigenvalue weighted by Gasteiger charge is -2.35. The average Bonchev–Trinajstić information content (AvgIpc) is 2.71. The number of hydrogen-bond donors (Lipinski definition) is 0. The minimum Gasteiger partial charge on any atom is -0.362 e. The number of carbonyl (C=O) groups excluding carboxylic acids is 1. The van der Waals surface area contributed by atoms with Crippen molar-refractivity contribution < 1.29 is 22.9 Å². The summed E-state index contributed by atoms with van der Waals surface area (Å²) in [5, 5.41) is 11.1. The Bertz CT molecular complexity index is 904. The number of halogens is 3. The zero-order chi connectivity index (χ0) is 21.0. The van der Waals surface area contributed by atoms with Gasteiger partial charge < -0.3 is 9.80 Å². The SMILES string of the molecule is O=C(CSc1nccc(C(F)(F)F)n1)N1CCN(c2ccccc2[N+](=O)[O-])CC1. The molecular formula is C17H16F3N5O3S. The van der Waals surface area contributed by atoms with E-state index in [0.717, 1.165) is 24.0 Å². The Kier molecular flexibility index (Phi) is 6.20. The van der Waals surface area contributed by atoms with E-state index in [1.54, 1.807) is 23.1 Å². The van der Waals surface area contributed by atoms with Crippen molar-refractivity contribution in [3.8, 4) is 0 Å². The van der Waals surface area contributed by atoms with E-state index in [1.165, 1.54) is 6.07 Å². The van der Waals surface area contributed by atoms with Gasteiger partial charge in [-0.1, -0.05) is 23.9 Å². The fraction of sp³-hybridized carbons (Fsp3) is 0.353. The number of piperazine rings is 1. The molecule has 2 aromatic rings. The van der Waals surface area contributed by atoms with Crippen LogP contribution < -0.4 is 4.90 Å². The number of aromatic nitrogens is 2. The van der Waals surface area contributed by atoms with E-state index in [-0.39, 0.29) is 22.5 Å². The first kappa shape index (κ1) is 20.8. The van der Waals surface area contributed by atoms with Crippen molar-refractivity contribution in [2.45, 2.75) is 11.3 Å². The van der Waals surface area contributed by atoms with Gasteiger partial charge >= 0.3 is 6.18 Å². The summed E-state index contributed by atoms with van der Waals surface area (Å²) in [6.07, 6.45) is -3.56. The van der Waals surface area contributed by atoms with E-state index in [4.69, 9.17) is 0 Å². The second-order valence-electron chi connectivity index (χ2n) is 6.12. The molecule has 2 heterocycles. The van der Waals surface area contributed by atoms with Crippen LogP contribution >= 0.6 is 11.8 Å². The highest BCUT2D eigenvalue weighted by Crippen LogP contribution is 2.29. The van der Waals surface area contributed by atoms with Crippen molar-refractivity contribution in [3.63, 3.8) is 0 Å². The number of nitro groups is 1. The first-order valence-electron chi connectivity index (χ1n) is 8.55. The molecule has 0 aliphatic carbocycles. The number of benzene rings is 1. The van der Waals surface area contributed by atoms with E-state index >= 15 is 0 Å². The predicted molar refractivity (Wildman–Crippen MR) is 99.6 cm³/mol. The molecule has 1 aliphatic heterocycles. The van der Waals surface area contributed by atoms with Gasteiger partial charge in [0.05, 0.1) is 10.7 Å². The lowest BCUT2D eigenvalue weighted by molar-refractivity contribution is -0.384. The number of nitro benzene ring substituents is 1. The van der Waals surface area contributed by atoms with E-state index in [2.05, 4.69) is 9.97 Å². The van der Waals surface area contributed by atoms with Crippen LogP contribution in [-0.2, 0) is 11.0 Å². The summed E-state index contributed by atoms with van der Waals surface area (Å²) >= 11 is 0.840. The Hall–Kier alpha value is -2.89. The Balaban J connectivity index is 1.55. The molecule has 0 atom stereocenters. The summed E-state index contributed by atoms with van der Waals surface area (Å²) in [6.45, 7) is 1.55. The van der Waals surface area contributed by atoms with Crippen molar-refractivity contribution in [2.24, 2.45) is 0 Å². The molecule has 12 heteroatoms. The molecule has 0 bridgehead atoms. The maximum atomic E-state index is 12.7. The van der Waals surface area contributed by atoms with Crippen LogP contribution in [0.3, 0.4) is 0 Å². The van der Waals surface area contributed by atoms with E-state index < -0.39 is 16.8 Å². The fourth-order valence-corrected chi connectivity index (χ4v) is 3.60. The minimum absolute atomic E-state index is 0.00419. The monoisotopic (exact) mass is 427 g/mol. The number of nitrogens with zero attached hydrogens (tertiary/aromatic N) is 5. The molecule has 29 heavy (non-hydrogen) atoms. The van der Waals surface area contributed by atoms with Crippen molar-refractivity contribution in [3.05, 3.63) is 52.3 Å². The summed E-state index contributed by atoms with van der Waals surface area (Å²) in [6, 6.07) is 7.17. The molecule has 1 amide bonds. The second kappa shape index (κ2) is 8.64. The van der Waals surface area contributed by atoms with Crippen molar-refractivity contribution >= 4 is 29.0 Å². The molecule has 1 aromatic heterocycles. The van der Waals surface area contributed by atoms with E-state index in [9.17, 15) is 28.1 Å². The van der Waals surface area contributed by atoms with Crippen molar-refractivity contribution in [1.82, 2.24) is 14.9 Å². The van der Waals surface area contributed by atoms with Crippen LogP contribution in [0.4, 0.5) is 24.5 Å². The number of anilines is 1. The first-order valence-corrected chi connectivity index (χ1v) is 9.53. The number of thioether (sulfide) groups is 1. The lowest BCUT2D eigenvalue weighted by atomic mass is 10.2. The molecule has 1 aromatic carbocycles. The standard InChI is InChI=1S/C17H16F3N5O3S/c18-17(19,20)14-5-6-21-16(22-14)29-11-15(26)24-9-7-23(8-10-24)12-3-1-2-4-13(12)25(27)28/h1-6H,7-11H2. The van der Waals surface area contributed by atoms with E-state index in [1.807, 2.05) is 4.90 Å². The Morgan fingerprint density at radius 1 is 1.17 bits per heavy atom. The van der Waals surface area contributed by atoms with Gasteiger partial charge in [0.25, 0.3) is 5.69 Å². The second-order valence-corrected chi connectivity index (χ2v) is 7.07. The highest BCUT2D eigenvalue weighted by molar-refractivity contribution is 7.99. The number of alkyl halides is 3. The largest absolute Gasteiger partial charge is 0.433 e. The minimum atomic E-state index is -4.57. The van der Waals surface area contributed by atoms with Gasteiger partial charge in [0.2, 0.25) is 5.91 Å². The summed E-state index contributed by atoms with van der Waals surface area (Å²) in [5.41, 5.74) is -0.554. The van der Waals surface area contributed by atoms with Crippen LogP contribution in [0.15, 0.2) is 41.7 Å². The molecule has 0 unspecified atom stereocenters. The lowest BCUT2D eigenvalue weighted by Crippen LogP contribution is -2.49. The van der Waals surface area contributed by atoms with Gasteiger partial charge in [-0.2, -0.15) is 13.2 Å². The van der Waals surface area contributed by atoms with Gasteiger partial charge in [0, 0.05) is 38.4 Å². The molecule has 1 aliphatic rings. The third-order valence-corrected chi connectivity index (χ3v) is 5.15. The molecular weight excluding hydrogens is 411 g/mol. The van der Waals surface area contributed by atoms with Crippen LogP contribution in [-0.4, -0.2) is 57.6 Å². The highest BCUT2D eigenvalue weighted by Gasteiger charge is 2.33. The van der Waals surface area contributed by atoms with Gasteiger partial charge in [-0.25, -0.2) is 9.97 Å². The number of amides is 1. The zero-order valence-corrected chi connectivity index (χ0v) is 15.8. The molecule has 0 N–H and O–H groups in total. The molecule has 0 radical (unpaired) electrons. The van der Waals surface area contributed by atoms with Crippen LogP contribution in [0, 0.1) is 10.1 Å². The molecule has 1 saturated heterocycles. The maximum Gasteiger partial charge on any atom is 0.433 e. The number of rotatable bonds is 5. The molecule has 0 saturated carbocycles. The summed E-state index contributed by atoms with van der Waals surface area (Å²) < 4.78 is 38.1. The van der Waals surface area contributed by atoms with Crippen molar-refractivity contribution in [2.75, 3.05) is 36.8 Å². The zero-order valence-electron chi connectivity index (χ0n) is 15.0. The maximum absolute atomic E-state index is 12.7. The number of para-hydroxylation sites is 2. The topological polar surface area (TPSA) is 92.5 Å². The first-order chi connectivity index (χ1) is 13.8. The van der Waals surface area contributed by atoms with Gasteiger partial charge in [0.15, 0.2) is 5.16 Å². The molecule has 8 nitrogen and oxygen atoms in total. The highest BCUT2D eigenvalue weighted by atomic mass is 32.2. The summed E-state index contributed by atoms with van der Waals surface area (Å²) in [5.74, 6) is -0.342. The average molecular weight is 427 g/mol. The van der Waals surface area contributed by atoms with E-state index in [0.29, 0.717) is 31.9 Å². The number of carbonyl (C=O) groups is 1. The molecule has 0 spiro atoms. The Labute approximate surface area is 167 Å². The summed E-state index contributed by atoms with van der Waals surface area (Å²) in [4.78, 5) is 33.7. The summed E-state index contributed by atoms with van der Waals surface area (Å²) in [7, 11) is 0. The molecule has 1 fully saturated rings. The van der Waals surface area contributed by atoms with Crippen LogP contribution in [0.1, 0.15) is 5.69 Å². The molecule has 154 valence electrons. The Morgan fingerprint density at radius 2 is 1.86 bits per heavy atom. The quantitative estimate of drug-likeness (QED) is 0.314. The third-order valence-electron chi connectivity index (χ3n) is 4.30. The van der Waals surface area contributed by atoms with Gasteiger partial charge in [0.1, 0.15) is 11.4 Å². The predicted octanol–water partition coefficient (Wildman–Crippen LogP) is 2.84. The molecule has 3 rings (SSSR count). The van der Waals surface area contributed by atoms with Crippen LogP contribution in [0.2, 0.25) is 0 Å². The normalized spacial score (nSPS) is 14.7. The fourth-order valence-electron chi connectivity index (χ4n) is 2.87. The Morgan fingerprint density at radius 3 is 2.52 bits per heavy atom. The van der Waals surface area contributed by atoms with Crippen molar-refractivity contribution in [1.29, 1.82) is 0 Å². The van der Waals surface area contributed by atoms with Gasteiger partial charge in [-0.05, 0) is 12.1 Å². The van der Waals surface area contributed by atoms with Crippen LogP contribution in [0.5, 0.6) is 0 Å². The smallest absolute Gasteiger partial charge is 0.362 e. The number of hydrogen-bond acceptors (Lipinski definition) is 7. The third kappa shape index (κ3) is 5.13.